The van der Waals surface area contributed by atoms with E-state index in [2.05, 4.69) is 67.3 Å². The second-order valence-corrected chi connectivity index (χ2v) is 35.3. The summed E-state index contributed by atoms with van der Waals surface area (Å²) in [6.45, 7) is 27.2. The van der Waals surface area contributed by atoms with Crippen molar-refractivity contribution in [1.82, 2.24) is 4.90 Å². The second-order valence-electron chi connectivity index (χ2n) is 35.3. The summed E-state index contributed by atoms with van der Waals surface area (Å²) < 4.78 is 37.6. The monoisotopic (exact) mass is 1170 g/mol. The van der Waals surface area contributed by atoms with Crippen molar-refractivity contribution in [3.8, 4) is 0 Å². The van der Waals surface area contributed by atoms with E-state index in [1.807, 2.05) is 13.8 Å². The summed E-state index contributed by atoms with van der Waals surface area (Å²) in [6, 6.07) is 0. The molecule has 20 rings (SSSR count). The molecule has 19 saturated carbocycles. The molecule has 1 atom stereocenters. The average molecular weight is 1170 g/mol. The van der Waals surface area contributed by atoms with Crippen LogP contribution in [0.2, 0.25) is 0 Å². The van der Waals surface area contributed by atoms with Crippen LogP contribution in [0.25, 0.3) is 0 Å². The van der Waals surface area contributed by atoms with Crippen molar-refractivity contribution in [2.45, 2.75) is 384 Å². The van der Waals surface area contributed by atoms with E-state index in [0.717, 1.165) is 151 Å². The van der Waals surface area contributed by atoms with E-state index >= 15 is 0 Å². The Morgan fingerprint density at radius 2 is 0.726 bits per heavy atom. The lowest BCUT2D eigenvalue weighted by molar-refractivity contribution is -0.0545. The van der Waals surface area contributed by atoms with Gasteiger partial charge >= 0.3 is 0 Å². The first-order chi connectivity index (χ1) is 42.1. The minimum Gasteiger partial charge on any atom is -0.306 e. The maximum atomic E-state index is 7.72. The molecule has 1 nitrogen and oxygen atoms in total. The van der Waals surface area contributed by atoms with Gasteiger partial charge in [-0.25, -0.2) is 0 Å². The maximum absolute atomic E-state index is 7.72. The molecule has 0 aromatic heterocycles. The van der Waals surface area contributed by atoms with Crippen molar-refractivity contribution in [2.24, 2.45) is 123 Å². The summed E-state index contributed by atoms with van der Waals surface area (Å²) in [5, 5.41) is 0. The number of hydrogen-bond donors (Lipinski definition) is 0. The van der Waals surface area contributed by atoms with E-state index in [4.69, 9.17) is 6.85 Å². The van der Waals surface area contributed by atoms with E-state index in [0.29, 0.717) is 5.92 Å². The predicted octanol–water partition coefficient (Wildman–Crippen LogP) is 26.6. The Bertz CT molecular complexity index is 1780. The fourth-order valence-corrected chi connectivity index (χ4v) is 21.7. The van der Waals surface area contributed by atoms with Gasteiger partial charge in [0.2, 0.25) is 0 Å². The molecule has 20 fully saturated rings. The Morgan fingerprint density at radius 1 is 0.357 bits per heavy atom. The second kappa shape index (κ2) is 37.5. The molecule has 1 heteroatoms. The fourth-order valence-electron chi connectivity index (χ4n) is 21.7. The van der Waals surface area contributed by atoms with Gasteiger partial charge in [0, 0.05) is 6.85 Å². The highest BCUT2D eigenvalue weighted by molar-refractivity contribution is 5.01. The highest BCUT2D eigenvalue weighted by atomic mass is 15.1. The predicted molar refractivity (Wildman–Crippen MR) is 373 cm³/mol. The molecule has 19 aliphatic carbocycles. The van der Waals surface area contributed by atoms with Crippen molar-refractivity contribution in [1.29, 1.82) is 0 Å². The van der Waals surface area contributed by atoms with Crippen LogP contribution in [-0.2, 0) is 0 Å². The van der Waals surface area contributed by atoms with Gasteiger partial charge in [0.25, 0.3) is 0 Å². The molecular formula is C83H155N. The van der Waals surface area contributed by atoms with E-state index in [1.165, 1.54) is 129 Å². The summed E-state index contributed by atoms with van der Waals surface area (Å²) in [5.41, 5.74) is 1.64. The zero-order valence-electron chi connectivity index (χ0n) is 64.3. The Labute approximate surface area is 536 Å². The number of nitrogens with zero attached hydrogens (tertiary/aromatic N) is 1. The molecule has 1 heterocycles. The lowest BCUT2D eigenvalue weighted by Gasteiger charge is -2.56. The van der Waals surface area contributed by atoms with E-state index < -0.39 is 6.37 Å². The molecule has 1 aliphatic heterocycles. The number of fused-ring (bicyclic) bond motifs is 5. The number of piperidine rings is 1. The van der Waals surface area contributed by atoms with Crippen LogP contribution in [0.15, 0.2) is 0 Å². The first-order valence-electron chi connectivity index (χ1n) is 41.8. The van der Waals surface area contributed by atoms with Crippen molar-refractivity contribution in [3.05, 3.63) is 0 Å². The van der Waals surface area contributed by atoms with Crippen LogP contribution in [0.3, 0.4) is 0 Å². The summed E-state index contributed by atoms with van der Waals surface area (Å²) in [5.74, 6) is 16.7. The minimum absolute atomic E-state index is 0.0556. The SMILES string of the molecule is CC12CC3CC(CC(C3)C1)C2.CC1CCCCC1.CC1CCN(C)CC1.CCC12CC3CC(CC(C3)C1)C2.CCC1CC2CC(C1)C2.C[C@@H]1CC2CCC1CC2.[2H]C([2H])(C)C1CCCC1.[2H]C1(C)CCC(C)CC1.[2H]C1(C)CCCC1.[2H]C1(C)CCCCC1. The van der Waals surface area contributed by atoms with Crippen LogP contribution < -0.4 is 0 Å². The molecule has 0 unspecified atom stereocenters. The summed E-state index contributed by atoms with van der Waals surface area (Å²) in [6.07, 6.45) is 65.6. The van der Waals surface area contributed by atoms with Gasteiger partial charge in [0.1, 0.15) is 0 Å². The quantitative estimate of drug-likeness (QED) is 0.272. The number of hydrogen-bond acceptors (Lipinski definition) is 1. The molecule has 20 aliphatic rings. The van der Waals surface area contributed by atoms with Gasteiger partial charge in [0.05, 0.1) is 0 Å². The smallest absolute Gasteiger partial charge is 0.0300 e. The molecule has 1 saturated heterocycles. The molecule has 12 bridgehead atoms. The molecule has 492 valence electrons. The third-order valence-electron chi connectivity index (χ3n) is 26.9. The van der Waals surface area contributed by atoms with E-state index in [-0.39, 0.29) is 17.7 Å². The maximum Gasteiger partial charge on any atom is 0.0300 e. The highest BCUT2D eigenvalue weighted by Crippen LogP contribution is 2.62. The van der Waals surface area contributed by atoms with Gasteiger partial charge in [-0.05, 0) is 278 Å². The standard InChI is InChI=1S/C12H20.C11H18.2C9H16.C8H16.C7H15N.3C7H14.C6H12/c1-2-12-6-9-3-10(7-12)5-11(4-9)8-12;1-11-5-8-2-9(6-11)4-10(3-8)7-11;1-7-6-8-2-4-9(7)5-3-8;1-2-7-3-8-5-9(4-7)6-8;2*1-7-3-5-8(2)6-4-7;2*1-7-5-3-2-4-6-7;1-2-7-5-3-4-6-7;1-6-4-2-3-5-6/h9-11H,2-8H2,1H3;8-10H,2-7H2,1H3;2*7-9H,2-6H2,1H3;7-8H,3-6H2,1-2H3;7H,3-6H2,1-2H3;3*7H,2-6H2,1H3;6H,2-5H2,1H3/t;;7-,8?,9?;;;;;;;/m..1......./s1/i;;;;7D;;7D;;2D2;6D. The first kappa shape index (κ1) is 64.1. The van der Waals surface area contributed by atoms with Crippen LogP contribution >= 0.6 is 0 Å². The number of likely N-dealkylation sites (tertiary alicyclic amines) is 1. The van der Waals surface area contributed by atoms with Gasteiger partial charge in [0.15, 0.2) is 0 Å². The van der Waals surface area contributed by atoms with Gasteiger partial charge in [-0.3, -0.25) is 0 Å². The van der Waals surface area contributed by atoms with Crippen molar-refractivity contribution in [3.63, 3.8) is 0 Å². The topological polar surface area (TPSA) is 3.24 Å². The largest absolute Gasteiger partial charge is 0.306 e. The van der Waals surface area contributed by atoms with Crippen molar-refractivity contribution in [2.75, 3.05) is 20.1 Å². The molecule has 0 spiro atoms. The van der Waals surface area contributed by atoms with Gasteiger partial charge < -0.3 is 4.90 Å². The van der Waals surface area contributed by atoms with E-state index in [9.17, 15) is 0 Å². The Balaban J connectivity index is 0.000000142. The van der Waals surface area contributed by atoms with Crippen molar-refractivity contribution < 1.29 is 6.85 Å². The highest BCUT2D eigenvalue weighted by Gasteiger charge is 2.50. The lowest BCUT2D eigenvalue weighted by atomic mass is 9.49. The molecule has 84 heavy (non-hydrogen) atoms. The summed E-state index contributed by atoms with van der Waals surface area (Å²) in [7, 11) is 2.20. The number of rotatable bonds is 3. The minimum atomic E-state index is -0.920. The molecule has 0 aromatic carbocycles. The molecular weight excluding hydrogens is 1010 g/mol. The fraction of sp³-hybridized carbons (Fsp3) is 1.00. The zero-order chi connectivity index (χ0) is 64.5. The summed E-state index contributed by atoms with van der Waals surface area (Å²) >= 11 is 0. The van der Waals surface area contributed by atoms with Crippen LogP contribution in [-0.4, -0.2) is 25.0 Å². The third kappa shape index (κ3) is 25.6. The Hall–Kier alpha value is -0.0400. The van der Waals surface area contributed by atoms with Gasteiger partial charge in [-0.15, -0.1) is 0 Å². The molecule has 0 aromatic rings. The van der Waals surface area contributed by atoms with Crippen molar-refractivity contribution >= 4 is 0 Å². The molecule has 0 N–H and O–H groups in total. The Morgan fingerprint density at radius 3 is 1.00 bits per heavy atom. The summed E-state index contributed by atoms with van der Waals surface area (Å²) in [4.78, 5) is 2.40. The molecule has 0 amide bonds. The third-order valence-corrected chi connectivity index (χ3v) is 26.9. The normalized spacial score (nSPS) is 43.4. The van der Waals surface area contributed by atoms with E-state index in [1.54, 1.807) is 142 Å². The lowest BCUT2D eigenvalue weighted by Crippen LogP contribution is -2.45. The Kier molecular flexibility index (Phi) is 28.6. The zero-order valence-corrected chi connectivity index (χ0v) is 59.3. The van der Waals surface area contributed by atoms with Crippen LogP contribution in [0.1, 0.15) is 391 Å². The average Bonchev–Trinajstić information content (AvgIpc) is 1.26. The molecule has 0 radical (unpaired) electrons. The first-order valence-corrected chi connectivity index (χ1v) is 39.3. The van der Waals surface area contributed by atoms with Crippen LogP contribution in [0.4, 0.5) is 0 Å². The van der Waals surface area contributed by atoms with Crippen LogP contribution in [0, 0.1) is 123 Å². The van der Waals surface area contributed by atoms with Crippen LogP contribution in [0.5, 0.6) is 0 Å². The van der Waals surface area contributed by atoms with Gasteiger partial charge in [-0.1, -0.05) is 249 Å². The van der Waals surface area contributed by atoms with Gasteiger partial charge in [-0.2, -0.15) is 0 Å².